The maximum Gasteiger partial charge on any atom is 0.260 e. The minimum Gasteiger partial charge on any atom is -0.504 e. The van der Waals surface area contributed by atoms with Gasteiger partial charge in [-0.3, -0.25) is 9.69 Å². The van der Waals surface area contributed by atoms with Crippen LogP contribution < -0.4 is 4.74 Å². The van der Waals surface area contributed by atoms with Gasteiger partial charge in [0.05, 0.1) is 0 Å². The average molecular weight is 360 g/mol. The van der Waals surface area contributed by atoms with E-state index in [2.05, 4.69) is 4.90 Å². The van der Waals surface area contributed by atoms with Gasteiger partial charge in [-0.1, -0.05) is 12.1 Å². The van der Waals surface area contributed by atoms with E-state index >= 15 is 0 Å². The highest BCUT2D eigenvalue weighted by molar-refractivity contribution is 5.78. The van der Waals surface area contributed by atoms with E-state index in [9.17, 15) is 9.90 Å². The summed E-state index contributed by atoms with van der Waals surface area (Å²) in [6.07, 6.45) is 4.48. The highest BCUT2D eigenvalue weighted by Gasteiger charge is 2.39. The largest absolute Gasteiger partial charge is 0.504 e. The van der Waals surface area contributed by atoms with Crippen LogP contribution in [0, 0.1) is 5.92 Å². The van der Waals surface area contributed by atoms with Gasteiger partial charge in [-0.05, 0) is 43.7 Å². The van der Waals surface area contributed by atoms with Gasteiger partial charge in [-0.15, -0.1) is 0 Å². The van der Waals surface area contributed by atoms with Crippen molar-refractivity contribution in [3.05, 3.63) is 24.3 Å². The van der Waals surface area contributed by atoms with Crippen molar-refractivity contribution in [3.63, 3.8) is 0 Å². The summed E-state index contributed by atoms with van der Waals surface area (Å²) in [5.41, 5.74) is 0. The lowest BCUT2D eigenvalue weighted by molar-refractivity contribution is -0.137. The molecule has 4 fully saturated rings. The Bertz CT molecular complexity index is 632. The molecule has 142 valence electrons. The summed E-state index contributed by atoms with van der Waals surface area (Å²) in [5, 5.41) is 9.80. The van der Waals surface area contributed by atoms with Crippen molar-refractivity contribution < 1.29 is 19.4 Å². The number of piperidine rings is 1. The fourth-order valence-corrected chi connectivity index (χ4v) is 4.57. The zero-order valence-corrected chi connectivity index (χ0v) is 15.2. The van der Waals surface area contributed by atoms with Crippen molar-refractivity contribution in [1.29, 1.82) is 0 Å². The van der Waals surface area contributed by atoms with E-state index in [4.69, 9.17) is 9.47 Å². The number of rotatable bonds is 4. The van der Waals surface area contributed by atoms with Crippen molar-refractivity contribution in [2.45, 2.75) is 37.8 Å². The summed E-state index contributed by atoms with van der Waals surface area (Å²) in [7, 11) is 0. The SMILES string of the molecule is O=C(COc1ccccc1O)N1C[C@H]2CC[C@@H]1CN(C1CCOCC1)C2. The Labute approximate surface area is 154 Å². The summed E-state index contributed by atoms with van der Waals surface area (Å²) in [6.45, 7) is 4.57. The second-order valence-electron chi connectivity index (χ2n) is 7.70. The molecular weight excluding hydrogens is 332 g/mol. The molecule has 0 aromatic heterocycles. The Hall–Kier alpha value is -1.79. The molecule has 0 saturated carbocycles. The third kappa shape index (κ3) is 3.81. The molecule has 0 aliphatic carbocycles. The smallest absolute Gasteiger partial charge is 0.260 e. The van der Waals surface area contributed by atoms with Gasteiger partial charge in [0, 0.05) is 44.9 Å². The number of para-hydroxylation sites is 2. The van der Waals surface area contributed by atoms with Crippen LogP contribution >= 0.6 is 0 Å². The third-order valence-corrected chi connectivity index (χ3v) is 5.99. The van der Waals surface area contributed by atoms with Gasteiger partial charge in [0.1, 0.15) is 0 Å². The molecule has 4 aliphatic rings. The van der Waals surface area contributed by atoms with Gasteiger partial charge in [0.2, 0.25) is 0 Å². The molecule has 1 aromatic carbocycles. The maximum absolute atomic E-state index is 12.8. The van der Waals surface area contributed by atoms with E-state index in [1.54, 1.807) is 24.3 Å². The highest BCUT2D eigenvalue weighted by atomic mass is 16.5. The van der Waals surface area contributed by atoms with Crippen LogP contribution in [-0.2, 0) is 9.53 Å². The van der Waals surface area contributed by atoms with Gasteiger partial charge in [-0.25, -0.2) is 0 Å². The van der Waals surface area contributed by atoms with Crippen LogP contribution in [-0.4, -0.2) is 72.4 Å². The number of hydrogen-bond acceptors (Lipinski definition) is 5. The maximum atomic E-state index is 12.8. The summed E-state index contributed by atoms with van der Waals surface area (Å²) in [6, 6.07) is 7.65. The van der Waals surface area contributed by atoms with E-state index in [0.29, 0.717) is 17.7 Å². The number of phenolic OH excluding ortho intramolecular Hbond substituents is 1. The molecule has 4 saturated heterocycles. The standard InChI is InChI=1S/C20H28N2O4/c23-18-3-1-2-4-19(18)26-14-20(24)22-12-15-5-6-17(22)13-21(11-15)16-7-9-25-10-8-16/h1-4,15-17,23H,5-14H2/t15-,17+/m0/s1. The minimum absolute atomic E-state index is 0.0158. The van der Waals surface area contributed by atoms with Crippen LogP contribution in [0.25, 0.3) is 0 Å². The molecule has 4 aliphatic heterocycles. The molecule has 0 unspecified atom stereocenters. The Morgan fingerprint density at radius 2 is 1.88 bits per heavy atom. The molecule has 1 N–H and O–H groups in total. The number of fused-ring (bicyclic) bond motifs is 4. The van der Waals surface area contributed by atoms with Gasteiger partial charge in [0.15, 0.2) is 18.1 Å². The van der Waals surface area contributed by atoms with Crippen LogP contribution in [0.1, 0.15) is 25.7 Å². The quantitative estimate of drug-likeness (QED) is 0.888. The lowest BCUT2D eigenvalue weighted by atomic mass is 9.95. The van der Waals surface area contributed by atoms with Crippen molar-refractivity contribution in [1.82, 2.24) is 9.80 Å². The third-order valence-electron chi connectivity index (χ3n) is 5.99. The summed E-state index contributed by atoms with van der Waals surface area (Å²) in [5.74, 6) is 1.01. The number of aromatic hydroxyl groups is 1. The molecule has 0 radical (unpaired) electrons. The fourth-order valence-electron chi connectivity index (χ4n) is 4.57. The molecule has 26 heavy (non-hydrogen) atoms. The second-order valence-corrected chi connectivity index (χ2v) is 7.70. The number of hydrogen-bond donors (Lipinski definition) is 1. The Morgan fingerprint density at radius 3 is 2.69 bits per heavy atom. The Morgan fingerprint density at radius 1 is 1.08 bits per heavy atom. The van der Waals surface area contributed by atoms with E-state index in [0.717, 1.165) is 52.1 Å². The van der Waals surface area contributed by atoms with Crippen LogP contribution in [0.3, 0.4) is 0 Å². The number of amides is 1. The molecule has 1 amide bonds. The highest BCUT2D eigenvalue weighted by Crippen LogP contribution is 2.31. The zero-order chi connectivity index (χ0) is 17.9. The first kappa shape index (κ1) is 17.6. The van der Waals surface area contributed by atoms with Crippen LogP contribution in [0.2, 0.25) is 0 Å². The van der Waals surface area contributed by atoms with Crippen LogP contribution in [0.5, 0.6) is 11.5 Å². The van der Waals surface area contributed by atoms with Crippen LogP contribution in [0.15, 0.2) is 24.3 Å². The van der Waals surface area contributed by atoms with E-state index < -0.39 is 0 Å². The monoisotopic (exact) mass is 360 g/mol. The first-order valence-electron chi connectivity index (χ1n) is 9.73. The van der Waals surface area contributed by atoms with Crippen molar-refractivity contribution in [2.24, 2.45) is 5.92 Å². The van der Waals surface area contributed by atoms with Crippen LogP contribution in [0.4, 0.5) is 0 Å². The Kier molecular flexibility index (Phi) is 5.31. The topological polar surface area (TPSA) is 62.2 Å². The first-order chi connectivity index (χ1) is 12.7. The Balaban J connectivity index is 1.38. The molecule has 2 bridgehead atoms. The lowest BCUT2D eigenvalue weighted by Crippen LogP contribution is -2.49. The molecular formula is C20H28N2O4. The average Bonchev–Trinajstić information content (AvgIpc) is 3.00. The second kappa shape index (κ2) is 7.84. The molecule has 5 rings (SSSR count). The normalized spacial score (nSPS) is 27.3. The molecule has 2 atom stereocenters. The molecule has 4 heterocycles. The van der Waals surface area contributed by atoms with Gasteiger partial charge in [0.25, 0.3) is 5.91 Å². The summed E-state index contributed by atoms with van der Waals surface area (Å²) in [4.78, 5) is 17.4. The number of carbonyl (C=O) groups is 1. The fraction of sp³-hybridized carbons (Fsp3) is 0.650. The predicted octanol–water partition coefficient (Wildman–Crippen LogP) is 1.87. The van der Waals surface area contributed by atoms with Crippen molar-refractivity contribution >= 4 is 5.91 Å². The number of benzene rings is 1. The minimum atomic E-state index is -0.0158. The predicted molar refractivity (Wildman–Crippen MR) is 97.2 cm³/mol. The first-order valence-corrected chi connectivity index (χ1v) is 9.73. The number of carbonyl (C=O) groups excluding carboxylic acids is 1. The zero-order valence-electron chi connectivity index (χ0n) is 15.2. The molecule has 1 aromatic rings. The van der Waals surface area contributed by atoms with E-state index in [-0.39, 0.29) is 24.3 Å². The van der Waals surface area contributed by atoms with Crippen molar-refractivity contribution in [2.75, 3.05) is 39.5 Å². The molecule has 6 nitrogen and oxygen atoms in total. The van der Waals surface area contributed by atoms with Gasteiger partial charge in [-0.2, -0.15) is 0 Å². The van der Waals surface area contributed by atoms with E-state index in [1.807, 2.05) is 4.90 Å². The number of nitrogens with zero attached hydrogens (tertiary/aromatic N) is 2. The van der Waals surface area contributed by atoms with E-state index in [1.165, 1.54) is 6.42 Å². The van der Waals surface area contributed by atoms with Crippen molar-refractivity contribution in [3.8, 4) is 11.5 Å². The summed E-state index contributed by atoms with van der Waals surface area (Å²) < 4.78 is 11.1. The van der Waals surface area contributed by atoms with Gasteiger partial charge >= 0.3 is 0 Å². The number of phenols is 1. The summed E-state index contributed by atoms with van der Waals surface area (Å²) >= 11 is 0. The molecule has 6 heteroatoms. The van der Waals surface area contributed by atoms with Gasteiger partial charge < -0.3 is 19.5 Å². The number of ether oxygens (including phenoxy) is 2. The lowest BCUT2D eigenvalue weighted by Gasteiger charge is -2.37. The molecule has 0 spiro atoms.